The van der Waals surface area contributed by atoms with Crippen LogP contribution in [0.4, 0.5) is 10.1 Å². The molecule has 0 bridgehead atoms. The number of aryl methyl sites for hydroxylation is 1. The van der Waals surface area contributed by atoms with Crippen molar-refractivity contribution in [2.45, 2.75) is 6.92 Å². The quantitative estimate of drug-likeness (QED) is 0.602. The number of halogens is 2. The molecule has 7 nitrogen and oxygen atoms in total. The number of ether oxygens (including phenoxy) is 1. The van der Waals surface area contributed by atoms with Crippen LogP contribution in [-0.2, 0) is 0 Å². The van der Waals surface area contributed by atoms with Crippen LogP contribution in [0.2, 0.25) is 0 Å². The maximum absolute atomic E-state index is 13.0. The van der Waals surface area contributed by atoms with Gasteiger partial charge in [0.05, 0.1) is 16.4 Å². The van der Waals surface area contributed by atoms with E-state index < -0.39 is 5.95 Å². The van der Waals surface area contributed by atoms with Crippen LogP contribution in [0.5, 0.6) is 6.01 Å². The SMILES string of the molecule is Cc1cnc(OC/C(=C/Nc2cnc(F)c(Br)c2)N=N)nc1. The second kappa shape index (κ2) is 7.55. The molecule has 0 unspecified atom stereocenters. The summed E-state index contributed by atoms with van der Waals surface area (Å²) in [5, 5.41) is 6.19. The highest BCUT2D eigenvalue weighted by molar-refractivity contribution is 9.10. The van der Waals surface area contributed by atoms with E-state index in [0.717, 1.165) is 5.56 Å². The molecule has 114 valence electrons. The molecule has 0 aromatic carbocycles. The Hall–Kier alpha value is -2.42. The monoisotopic (exact) mass is 366 g/mol. The number of aromatic nitrogens is 3. The number of pyridine rings is 1. The summed E-state index contributed by atoms with van der Waals surface area (Å²) in [6, 6.07) is 1.72. The van der Waals surface area contributed by atoms with Crippen LogP contribution < -0.4 is 10.1 Å². The molecule has 22 heavy (non-hydrogen) atoms. The summed E-state index contributed by atoms with van der Waals surface area (Å²) in [6.45, 7) is 1.89. The molecule has 0 amide bonds. The summed E-state index contributed by atoms with van der Waals surface area (Å²) in [5.41, 5.74) is 8.89. The lowest BCUT2D eigenvalue weighted by Gasteiger charge is -2.05. The second-order valence-corrected chi connectivity index (χ2v) is 5.07. The standard InChI is InChI=1S/C13H12BrFN6O/c1-8-3-19-13(20-4-8)22-7-10(21-16)6-17-9-2-11(14)12(15)18-5-9/h2-6,16-17H,7H2,1H3/b10-6-,21-16?. The highest BCUT2D eigenvalue weighted by Gasteiger charge is 2.03. The maximum Gasteiger partial charge on any atom is 0.316 e. The maximum atomic E-state index is 13.0. The highest BCUT2D eigenvalue weighted by Crippen LogP contribution is 2.18. The first-order chi connectivity index (χ1) is 10.6. The Bertz CT molecular complexity index is 691. The molecule has 0 fully saturated rings. The van der Waals surface area contributed by atoms with Crippen LogP contribution in [0.3, 0.4) is 0 Å². The summed E-state index contributed by atoms with van der Waals surface area (Å²) >= 11 is 3.04. The number of nitrogens with zero attached hydrogens (tertiary/aromatic N) is 4. The fourth-order valence-electron chi connectivity index (χ4n) is 1.37. The first kappa shape index (κ1) is 16.0. The van der Waals surface area contributed by atoms with E-state index in [4.69, 9.17) is 10.3 Å². The number of hydrogen-bond acceptors (Lipinski definition) is 7. The zero-order valence-electron chi connectivity index (χ0n) is 11.5. The van der Waals surface area contributed by atoms with E-state index >= 15 is 0 Å². The van der Waals surface area contributed by atoms with Gasteiger partial charge < -0.3 is 10.1 Å². The average Bonchev–Trinajstić information content (AvgIpc) is 2.52. The molecule has 0 saturated carbocycles. The predicted molar refractivity (Wildman–Crippen MR) is 81.0 cm³/mol. The molecular weight excluding hydrogens is 355 g/mol. The summed E-state index contributed by atoms with van der Waals surface area (Å²) in [4.78, 5) is 11.5. The molecule has 2 aromatic rings. The molecule has 2 aromatic heterocycles. The molecular formula is C13H12BrFN6O. The predicted octanol–water partition coefficient (Wildman–Crippen LogP) is 3.44. The van der Waals surface area contributed by atoms with E-state index in [0.29, 0.717) is 11.4 Å². The number of anilines is 1. The molecule has 9 heteroatoms. The minimum absolute atomic E-state index is 0.0232. The Balaban J connectivity index is 1.96. The summed E-state index contributed by atoms with van der Waals surface area (Å²) in [6.07, 6.45) is 6.04. The van der Waals surface area contributed by atoms with Crippen LogP contribution in [-0.4, -0.2) is 21.6 Å². The molecule has 0 aliphatic rings. The largest absolute Gasteiger partial charge is 0.457 e. The van der Waals surface area contributed by atoms with E-state index in [1.807, 2.05) is 6.92 Å². The fourth-order valence-corrected chi connectivity index (χ4v) is 1.72. The van der Waals surface area contributed by atoms with E-state index in [9.17, 15) is 4.39 Å². The number of nitrogens with one attached hydrogen (secondary N) is 2. The third kappa shape index (κ3) is 4.55. The van der Waals surface area contributed by atoms with Crippen LogP contribution >= 0.6 is 15.9 Å². The van der Waals surface area contributed by atoms with Crippen molar-refractivity contribution in [3.8, 4) is 6.01 Å². The zero-order chi connectivity index (χ0) is 15.9. The minimum Gasteiger partial charge on any atom is -0.457 e. The lowest BCUT2D eigenvalue weighted by molar-refractivity contribution is 0.320. The Morgan fingerprint density at radius 1 is 1.41 bits per heavy atom. The van der Waals surface area contributed by atoms with Crippen LogP contribution in [0.1, 0.15) is 5.56 Å². The van der Waals surface area contributed by atoms with Crippen LogP contribution in [0.15, 0.2) is 46.1 Å². The van der Waals surface area contributed by atoms with Gasteiger partial charge in [0.2, 0.25) is 5.95 Å². The molecule has 0 aliphatic heterocycles. The van der Waals surface area contributed by atoms with Crippen molar-refractivity contribution in [1.82, 2.24) is 15.0 Å². The van der Waals surface area contributed by atoms with Gasteiger partial charge in [-0.15, -0.1) is 0 Å². The topological polar surface area (TPSA) is 96.1 Å². The third-order valence-corrected chi connectivity index (χ3v) is 3.01. The Kier molecular flexibility index (Phi) is 5.48. The van der Waals surface area contributed by atoms with Gasteiger partial charge in [0.15, 0.2) is 0 Å². The Morgan fingerprint density at radius 3 is 2.77 bits per heavy atom. The fraction of sp³-hybridized carbons (Fsp3) is 0.154. The van der Waals surface area contributed by atoms with Crippen molar-refractivity contribution in [1.29, 1.82) is 5.53 Å². The van der Waals surface area contributed by atoms with Crippen molar-refractivity contribution in [2.75, 3.05) is 11.9 Å². The van der Waals surface area contributed by atoms with Gasteiger partial charge in [0, 0.05) is 18.6 Å². The van der Waals surface area contributed by atoms with Gasteiger partial charge >= 0.3 is 6.01 Å². The molecule has 0 radical (unpaired) electrons. The van der Waals surface area contributed by atoms with Gasteiger partial charge in [0.1, 0.15) is 12.3 Å². The first-order valence-corrected chi connectivity index (χ1v) is 6.93. The summed E-state index contributed by atoms with van der Waals surface area (Å²) in [5.74, 6) is -0.597. The van der Waals surface area contributed by atoms with Gasteiger partial charge in [-0.3, -0.25) is 0 Å². The van der Waals surface area contributed by atoms with Crippen molar-refractivity contribution >= 4 is 21.6 Å². The molecule has 2 heterocycles. The van der Waals surface area contributed by atoms with E-state index in [-0.39, 0.29) is 17.1 Å². The van der Waals surface area contributed by atoms with E-state index in [1.54, 1.807) is 12.4 Å². The zero-order valence-corrected chi connectivity index (χ0v) is 13.1. The average molecular weight is 367 g/mol. The molecule has 2 rings (SSSR count). The third-order valence-electron chi connectivity index (χ3n) is 2.45. The van der Waals surface area contributed by atoms with E-state index in [1.165, 1.54) is 18.5 Å². The van der Waals surface area contributed by atoms with Gasteiger partial charge in [-0.1, -0.05) is 0 Å². The van der Waals surface area contributed by atoms with Gasteiger partial charge in [0.25, 0.3) is 0 Å². The van der Waals surface area contributed by atoms with Crippen molar-refractivity contribution in [3.63, 3.8) is 0 Å². The van der Waals surface area contributed by atoms with Crippen molar-refractivity contribution < 1.29 is 9.13 Å². The summed E-state index contributed by atoms with van der Waals surface area (Å²) < 4.78 is 18.6. The highest BCUT2D eigenvalue weighted by atomic mass is 79.9. The number of rotatable bonds is 6. The first-order valence-electron chi connectivity index (χ1n) is 6.14. The molecule has 0 atom stereocenters. The van der Waals surface area contributed by atoms with Gasteiger partial charge in [-0.25, -0.2) is 20.5 Å². The second-order valence-electron chi connectivity index (χ2n) is 4.22. The lowest BCUT2D eigenvalue weighted by Crippen LogP contribution is -2.04. The smallest absolute Gasteiger partial charge is 0.316 e. The normalized spacial score (nSPS) is 11.1. The molecule has 0 spiro atoms. The van der Waals surface area contributed by atoms with Crippen LogP contribution in [0, 0.1) is 18.4 Å². The van der Waals surface area contributed by atoms with Gasteiger partial charge in [-0.05, 0) is 34.5 Å². The molecule has 2 N–H and O–H groups in total. The van der Waals surface area contributed by atoms with Gasteiger partial charge in [-0.2, -0.15) is 9.50 Å². The van der Waals surface area contributed by atoms with Crippen LogP contribution in [0.25, 0.3) is 0 Å². The molecule has 0 aliphatic carbocycles. The Morgan fingerprint density at radius 2 is 2.14 bits per heavy atom. The number of hydrogen-bond donors (Lipinski definition) is 2. The van der Waals surface area contributed by atoms with Crippen molar-refractivity contribution in [3.05, 3.63) is 52.5 Å². The van der Waals surface area contributed by atoms with E-state index in [2.05, 4.69) is 41.3 Å². The molecule has 0 saturated heterocycles. The van der Waals surface area contributed by atoms with Crippen molar-refractivity contribution in [2.24, 2.45) is 5.11 Å². The lowest BCUT2D eigenvalue weighted by atomic mass is 10.4. The summed E-state index contributed by atoms with van der Waals surface area (Å²) in [7, 11) is 0. The minimum atomic E-state index is -0.597. The Labute approximate surface area is 134 Å².